The van der Waals surface area contributed by atoms with Crippen LogP contribution in [0.25, 0.3) is 0 Å². The third-order valence-corrected chi connectivity index (χ3v) is 3.83. The van der Waals surface area contributed by atoms with Gasteiger partial charge in [-0.25, -0.2) is 0 Å². The number of hydrogen-bond donors (Lipinski definition) is 1. The van der Waals surface area contributed by atoms with Crippen LogP contribution in [0, 0.1) is 0 Å². The summed E-state index contributed by atoms with van der Waals surface area (Å²) in [6.07, 6.45) is 2.19. The molecule has 2 rings (SSSR count). The first-order chi connectivity index (χ1) is 11.5. The average Bonchev–Trinajstić information content (AvgIpc) is 3.37. The summed E-state index contributed by atoms with van der Waals surface area (Å²) in [5, 5.41) is 2.87. The molecule has 1 aromatic rings. The minimum absolute atomic E-state index is 0.0553. The molecule has 1 aliphatic rings. The number of nitrogens with one attached hydrogen (secondary N) is 1. The van der Waals surface area contributed by atoms with Gasteiger partial charge < -0.3 is 24.4 Å². The minimum Gasteiger partial charge on any atom is -0.493 e. The lowest BCUT2D eigenvalue weighted by molar-refractivity contribution is -0.134. The van der Waals surface area contributed by atoms with Crippen LogP contribution in [0.5, 0.6) is 17.2 Å². The first-order valence-corrected chi connectivity index (χ1v) is 7.80. The van der Waals surface area contributed by atoms with Crippen LogP contribution < -0.4 is 19.5 Å². The van der Waals surface area contributed by atoms with Crippen LogP contribution >= 0.6 is 0 Å². The molecule has 1 N–H and O–H groups in total. The molecular weight excluding hydrogens is 312 g/mol. The van der Waals surface area contributed by atoms with E-state index in [9.17, 15) is 9.59 Å². The Morgan fingerprint density at radius 3 is 2.17 bits per heavy atom. The van der Waals surface area contributed by atoms with Gasteiger partial charge in [-0.15, -0.1) is 0 Å². The lowest BCUT2D eigenvalue weighted by Crippen LogP contribution is -2.39. The largest absolute Gasteiger partial charge is 0.493 e. The van der Waals surface area contributed by atoms with Crippen LogP contribution in [0.15, 0.2) is 12.1 Å². The maximum Gasteiger partial charge on any atom is 0.239 e. The number of nitrogens with zero attached hydrogens (tertiary/aromatic N) is 1. The van der Waals surface area contributed by atoms with Crippen molar-refractivity contribution in [3.8, 4) is 17.2 Å². The molecule has 7 heteroatoms. The Kier molecular flexibility index (Phi) is 5.89. The maximum absolute atomic E-state index is 12.3. The molecule has 2 amide bonds. The van der Waals surface area contributed by atoms with Gasteiger partial charge in [0, 0.05) is 13.1 Å². The van der Waals surface area contributed by atoms with Gasteiger partial charge in [0.05, 0.1) is 34.3 Å². The Labute approximate surface area is 141 Å². The second-order valence-corrected chi connectivity index (χ2v) is 5.80. The van der Waals surface area contributed by atoms with Gasteiger partial charge in [-0.3, -0.25) is 9.59 Å². The van der Waals surface area contributed by atoms with Crippen molar-refractivity contribution in [2.24, 2.45) is 0 Å². The van der Waals surface area contributed by atoms with Gasteiger partial charge in [0.1, 0.15) is 0 Å². The summed E-state index contributed by atoms with van der Waals surface area (Å²) >= 11 is 0. The Morgan fingerprint density at radius 2 is 1.71 bits per heavy atom. The summed E-state index contributed by atoms with van der Waals surface area (Å²) in [4.78, 5) is 25.5. The minimum atomic E-state index is -0.157. The van der Waals surface area contributed by atoms with E-state index in [2.05, 4.69) is 5.32 Å². The number of methoxy groups -OCH3 is 3. The SMILES string of the molecule is COc1cc(CC(=O)N(C)CC(=O)NC2CC2)cc(OC)c1OC. The van der Waals surface area contributed by atoms with Gasteiger partial charge in [-0.2, -0.15) is 0 Å². The molecule has 1 fully saturated rings. The van der Waals surface area contributed by atoms with Crippen molar-refractivity contribution in [3.63, 3.8) is 0 Å². The van der Waals surface area contributed by atoms with Gasteiger partial charge in [0.2, 0.25) is 17.6 Å². The predicted molar refractivity (Wildman–Crippen MR) is 88.6 cm³/mol. The van der Waals surface area contributed by atoms with Crippen LogP contribution in [0.3, 0.4) is 0 Å². The molecule has 0 unspecified atom stereocenters. The van der Waals surface area contributed by atoms with E-state index in [4.69, 9.17) is 14.2 Å². The molecule has 7 nitrogen and oxygen atoms in total. The first kappa shape index (κ1) is 17.9. The van der Waals surface area contributed by atoms with E-state index in [0.29, 0.717) is 17.2 Å². The third-order valence-electron chi connectivity index (χ3n) is 3.83. The van der Waals surface area contributed by atoms with Crippen molar-refractivity contribution in [1.82, 2.24) is 10.2 Å². The number of amides is 2. The number of benzene rings is 1. The Morgan fingerprint density at radius 1 is 1.12 bits per heavy atom. The summed E-state index contributed by atoms with van der Waals surface area (Å²) in [6, 6.07) is 3.76. The molecule has 0 bridgehead atoms. The number of hydrogen-bond acceptors (Lipinski definition) is 5. The second-order valence-electron chi connectivity index (χ2n) is 5.80. The molecule has 0 saturated heterocycles. The van der Waals surface area contributed by atoms with E-state index in [1.54, 1.807) is 19.2 Å². The van der Waals surface area contributed by atoms with Crippen molar-refractivity contribution in [2.75, 3.05) is 34.9 Å². The Hall–Kier alpha value is -2.44. The van der Waals surface area contributed by atoms with Crippen molar-refractivity contribution in [1.29, 1.82) is 0 Å². The van der Waals surface area contributed by atoms with E-state index in [-0.39, 0.29) is 30.8 Å². The molecule has 1 aromatic carbocycles. The van der Waals surface area contributed by atoms with Crippen LogP contribution in [-0.4, -0.2) is 57.7 Å². The number of ether oxygens (including phenoxy) is 3. The van der Waals surface area contributed by atoms with E-state index in [1.165, 1.54) is 26.2 Å². The summed E-state index contributed by atoms with van der Waals surface area (Å²) < 4.78 is 15.8. The zero-order valence-corrected chi connectivity index (χ0v) is 14.5. The van der Waals surface area contributed by atoms with E-state index >= 15 is 0 Å². The van der Waals surface area contributed by atoms with Crippen molar-refractivity contribution in [3.05, 3.63) is 17.7 Å². The number of rotatable bonds is 8. The summed E-state index contributed by atoms with van der Waals surface area (Å²) in [5.74, 6) is 1.18. The zero-order valence-electron chi connectivity index (χ0n) is 14.5. The van der Waals surface area contributed by atoms with Gasteiger partial charge in [-0.1, -0.05) is 0 Å². The van der Waals surface area contributed by atoms with Gasteiger partial charge in [-0.05, 0) is 30.5 Å². The molecule has 1 saturated carbocycles. The highest BCUT2D eigenvalue weighted by molar-refractivity contribution is 5.86. The highest BCUT2D eigenvalue weighted by Gasteiger charge is 2.24. The molecule has 0 spiro atoms. The van der Waals surface area contributed by atoms with E-state index in [1.807, 2.05) is 0 Å². The number of carbonyl (C=O) groups is 2. The van der Waals surface area contributed by atoms with Crippen LogP contribution in [-0.2, 0) is 16.0 Å². The molecular formula is C17H24N2O5. The van der Waals surface area contributed by atoms with Crippen LogP contribution in [0.4, 0.5) is 0 Å². The molecule has 0 aliphatic heterocycles. The molecule has 24 heavy (non-hydrogen) atoms. The summed E-state index contributed by atoms with van der Waals surface area (Å²) in [7, 11) is 6.19. The zero-order chi connectivity index (χ0) is 17.7. The van der Waals surface area contributed by atoms with Crippen LogP contribution in [0.1, 0.15) is 18.4 Å². The van der Waals surface area contributed by atoms with Crippen molar-refractivity contribution < 1.29 is 23.8 Å². The maximum atomic E-state index is 12.3. The molecule has 0 atom stereocenters. The fraction of sp³-hybridized carbons (Fsp3) is 0.529. The van der Waals surface area contributed by atoms with E-state index < -0.39 is 0 Å². The molecule has 0 heterocycles. The summed E-state index contributed by atoms with van der Waals surface area (Å²) in [5.41, 5.74) is 0.726. The standard InChI is InChI=1S/C17H24N2O5/c1-19(10-15(20)18-12-5-6-12)16(21)9-11-7-13(22-2)17(24-4)14(8-11)23-3/h7-8,12H,5-6,9-10H2,1-4H3,(H,18,20). The quantitative estimate of drug-likeness (QED) is 0.766. The van der Waals surface area contributed by atoms with Crippen molar-refractivity contribution >= 4 is 11.8 Å². The fourth-order valence-corrected chi connectivity index (χ4v) is 2.35. The molecule has 132 valence electrons. The smallest absolute Gasteiger partial charge is 0.239 e. The van der Waals surface area contributed by atoms with Crippen LogP contribution in [0.2, 0.25) is 0 Å². The fourth-order valence-electron chi connectivity index (χ4n) is 2.35. The van der Waals surface area contributed by atoms with E-state index in [0.717, 1.165) is 18.4 Å². The van der Waals surface area contributed by atoms with Crippen molar-refractivity contribution in [2.45, 2.75) is 25.3 Å². The average molecular weight is 336 g/mol. The first-order valence-electron chi connectivity index (χ1n) is 7.80. The monoisotopic (exact) mass is 336 g/mol. The topological polar surface area (TPSA) is 77.1 Å². The highest BCUT2D eigenvalue weighted by atomic mass is 16.5. The molecule has 1 aliphatic carbocycles. The lowest BCUT2D eigenvalue weighted by Gasteiger charge is -2.18. The number of carbonyl (C=O) groups excluding carboxylic acids is 2. The number of likely N-dealkylation sites (N-methyl/N-ethyl adjacent to an activating group) is 1. The second kappa shape index (κ2) is 7.90. The van der Waals surface area contributed by atoms with Gasteiger partial charge in [0.25, 0.3) is 0 Å². The molecule has 0 aromatic heterocycles. The Balaban J connectivity index is 2.02. The predicted octanol–water partition coefficient (Wildman–Crippen LogP) is 0.992. The normalized spacial score (nSPS) is 13.2. The lowest BCUT2D eigenvalue weighted by atomic mass is 10.1. The Bertz CT molecular complexity index is 588. The van der Waals surface area contributed by atoms with Gasteiger partial charge >= 0.3 is 0 Å². The van der Waals surface area contributed by atoms with Gasteiger partial charge in [0.15, 0.2) is 11.5 Å². The molecule has 0 radical (unpaired) electrons. The third kappa shape index (κ3) is 4.53. The highest BCUT2D eigenvalue weighted by Crippen LogP contribution is 2.38. The summed E-state index contributed by atoms with van der Waals surface area (Å²) in [6.45, 7) is 0.0553.